The number of ether oxygens (including phenoxy) is 1. The van der Waals surface area contributed by atoms with E-state index in [1.54, 1.807) is 12.1 Å². The number of hydrogen-bond donors (Lipinski definition) is 1. The Kier molecular flexibility index (Phi) is 6.56. The highest BCUT2D eigenvalue weighted by atomic mass is 19.1. The van der Waals surface area contributed by atoms with Gasteiger partial charge in [0.25, 0.3) is 0 Å². The van der Waals surface area contributed by atoms with E-state index in [1.807, 2.05) is 19.9 Å². The first kappa shape index (κ1) is 18.8. The van der Waals surface area contributed by atoms with Crippen molar-refractivity contribution in [2.45, 2.75) is 51.9 Å². The fourth-order valence-electron chi connectivity index (χ4n) is 3.13. The van der Waals surface area contributed by atoms with Crippen LogP contribution >= 0.6 is 0 Å². The molecule has 4 rings (SSSR count). The van der Waals surface area contributed by atoms with E-state index in [0.717, 1.165) is 43.0 Å². The van der Waals surface area contributed by atoms with Crippen LogP contribution < -0.4 is 10.1 Å². The predicted octanol–water partition coefficient (Wildman–Crippen LogP) is 3.83. The molecule has 5 heteroatoms. The summed E-state index contributed by atoms with van der Waals surface area (Å²) in [6, 6.07) is 6.85. The van der Waals surface area contributed by atoms with Crippen LogP contribution in [0.15, 0.2) is 24.3 Å². The van der Waals surface area contributed by atoms with Crippen molar-refractivity contribution in [1.29, 1.82) is 0 Å². The number of nitrogens with zero attached hydrogens (tertiary/aromatic N) is 2. The van der Waals surface area contributed by atoms with Gasteiger partial charge in [-0.05, 0) is 37.4 Å². The zero-order valence-corrected chi connectivity index (χ0v) is 15.7. The predicted molar refractivity (Wildman–Crippen MR) is 101 cm³/mol. The second-order valence-corrected chi connectivity index (χ2v) is 6.53. The van der Waals surface area contributed by atoms with E-state index in [2.05, 4.69) is 10.3 Å². The van der Waals surface area contributed by atoms with Gasteiger partial charge in [-0.15, -0.1) is 0 Å². The zero-order chi connectivity index (χ0) is 18.4. The molecule has 2 aliphatic rings. The third-order valence-electron chi connectivity index (χ3n) is 4.67. The summed E-state index contributed by atoms with van der Waals surface area (Å²) in [5.41, 5.74) is 2.93. The molecule has 26 heavy (non-hydrogen) atoms. The molecule has 2 aromatic rings. The number of nitrogens with one attached hydrogen (secondary N) is 1. The molecule has 0 bridgehead atoms. The van der Waals surface area contributed by atoms with Gasteiger partial charge >= 0.3 is 0 Å². The van der Waals surface area contributed by atoms with Crippen LogP contribution in [0.2, 0.25) is 0 Å². The molecule has 2 heterocycles. The van der Waals surface area contributed by atoms with Gasteiger partial charge in [0.15, 0.2) is 0 Å². The second-order valence-electron chi connectivity index (χ2n) is 6.53. The molecule has 0 unspecified atom stereocenters. The van der Waals surface area contributed by atoms with Gasteiger partial charge in [0.05, 0.1) is 12.3 Å². The van der Waals surface area contributed by atoms with Crippen molar-refractivity contribution in [2.75, 3.05) is 19.7 Å². The van der Waals surface area contributed by atoms with Crippen molar-refractivity contribution in [1.82, 2.24) is 15.3 Å². The third kappa shape index (κ3) is 4.58. The van der Waals surface area contributed by atoms with Crippen molar-refractivity contribution in [3.8, 4) is 5.88 Å². The minimum Gasteiger partial charge on any atom is -0.477 e. The van der Waals surface area contributed by atoms with Crippen LogP contribution in [0, 0.1) is 5.82 Å². The number of halogens is 1. The molecule has 1 aromatic carbocycles. The maximum absolute atomic E-state index is 13.7. The van der Waals surface area contributed by atoms with Crippen molar-refractivity contribution < 1.29 is 9.13 Å². The first-order chi connectivity index (χ1) is 12.8. The van der Waals surface area contributed by atoms with E-state index in [-0.39, 0.29) is 5.82 Å². The summed E-state index contributed by atoms with van der Waals surface area (Å²) in [7, 11) is 0. The Morgan fingerprint density at radius 3 is 2.65 bits per heavy atom. The molecule has 1 saturated carbocycles. The number of aromatic nitrogens is 2. The molecule has 0 atom stereocenters. The van der Waals surface area contributed by atoms with Crippen LogP contribution in [0.4, 0.5) is 4.39 Å². The monoisotopic (exact) mass is 357 g/mol. The molecule has 0 radical (unpaired) electrons. The molecule has 0 saturated heterocycles. The number of fused-ring (bicyclic) bond motifs is 1. The number of hydrogen-bond acceptors (Lipinski definition) is 4. The van der Waals surface area contributed by atoms with Crippen molar-refractivity contribution in [2.24, 2.45) is 0 Å². The quantitative estimate of drug-likeness (QED) is 0.883. The average Bonchev–Trinajstić information content (AvgIpc) is 3.51. The summed E-state index contributed by atoms with van der Waals surface area (Å²) >= 11 is 0. The molecule has 1 aliphatic carbocycles. The van der Waals surface area contributed by atoms with Crippen LogP contribution in [-0.4, -0.2) is 29.7 Å². The van der Waals surface area contributed by atoms with E-state index in [9.17, 15) is 4.39 Å². The zero-order valence-electron chi connectivity index (χ0n) is 15.7. The van der Waals surface area contributed by atoms with Gasteiger partial charge in [-0.3, -0.25) is 0 Å². The minimum atomic E-state index is -0.175. The SMILES string of the molecule is CC.Fc1ccccc1CCOc1nc(C2CC2)nc2c1CCNCC2. The molecule has 1 aromatic heterocycles. The van der Waals surface area contributed by atoms with Crippen molar-refractivity contribution in [3.05, 3.63) is 52.7 Å². The molecule has 1 N–H and O–H groups in total. The molecular formula is C21H28FN3O. The van der Waals surface area contributed by atoms with E-state index < -0.39 is 0 Å². The molecule has 0 amide bonds. The van der Waals surface area contributed by atoms with E-state index in [4.69, 9.17) is 9.72 Å². The van der Waals surface area contributed by atoms with Gasteiger partial charge < -0.3 is 10.1 Å². The molecule has 1 fully saturated rings. The highest BCUT2D eigenvalue weighted by Gasteiger charge is 2.29. The van der Waals surface area contributed by atoms with Gasteiger partial charge in [-0.25, -0.2) is 9.37 Å². The fraction of sp³-hybridized carbons (Fsp3) is 0.524. The number of rotatable bonds is 5. The summed E-state index contributed by atoms with van der Waals surface area (Å²) in [5.74, 6) is 1.96. The Labute approximate surface area is 155 Å². The van der Waals surface area contributed by atoms with Gasteiger partial charge in [-0.2, -0.15) is 4.98 Å². The average molecular weight is 357 g/mol. The van der Waals surface area contributed by atoms with Gasteiger partial charge in [0.1, 0.15) is 11.6 Å². The topological polar surface area (TPSA) is 47.0 Å². The Morgan fingerprint density at radius 2 is 1.88 bits per heavy atom. The highest BCUT2D eigenvalue weighted by Crippen LogP contribution is 2.39. The minimum absolute atomic E-state index is 0.175. The van der Waals surface area contributed by atoms with E-state index >= 15 is 0 Å². The summed E-state index contributed by atoms with van der Waals surface area (Å²) < 4.78 is 19.7. The van der Waals surface area contributed by atoms with Gasteiger partial charge in [-0.1, -0.05) is 32.0 Å². The standard InChI is InChI=1S/C19H22FN3O.C2H6/c20-16-4-2-1-3-13(16)9-12-24-19-15-7-10-21-11-8-17(15)22-18(23-19)14-5-6-14;1-2/h1-4,14,21H,5-12H2;1-2H3. The van der Waals surface area contributed by atoms with Crippen LogP contribution in [0.5, 0.6) is 5.88 Å². The smallest absolute Gasteiger partial charge is 0.220 e. The van der Waals surface area contributed by atoms with Crippen LogP contribution in [-0.2, 0) is 19.3 Å². The largest absolute Gasteiger partial charge is 0.477 e. The second kappa shape index (κ2) is 9.08. The molecule has 0 spiro atoms. The summed E-state index contributed by atoms with van der Waals surface area (Å²) in [5, 5.41) is 3.40. The van der Waals surface area contributed by atoms with Gasteiger partial charge in [0.2, 0.25) is 5.88 Å². The van der Waals surface area contributed by atoms with E-state index in [0.29, 0.717) is 30.4 Å². The molecule has 1 aliphatic heterocycles. The van der Waals surface area contributed by atoms with Crippen LogP contribution in [0.25, 0.3) is 0 Å². The van der Waals surface area contributed by atoms with Crippen LogP contribution in [0.1, 0.15) is 55.3 Å². The maximum Gasteiger partial charge on any atom is 0.220 e. The Bertz CT molecular complexity index is 731. The first-order valence-electron chi connectivity index (χ1n) is 9.78. The van der Waals surface area contributed by atoms with E-state index in [1.165, 1.54) is 18.9 Å². The summed E-state index contributed by atoms with van der Waals surface area (Å²) in [6.07, 6.45) is 4.69. The highest BCUT2D eigenvalue weighted by molar-refractivity contribution is 5.34. The van der Waals surface area contributed by atoms with Crippen molar-refractivity contribution in [3.63, 3.8) is 0 Å². The molecule has 140 valence electrons. The lowest BCUT2D eigenvalue weighted by atomic mass is 10.1. The van der Waals surface area contributed by atoms with Crippen molar-refractivity contribution >= 4 is 0 Å². The molecular weight excluding hydrogens is 329 g/mol. The normalized spacial score (nSPS) is 16.1. The first-order valence-corrected chi connectivity index (χ1v) is 9.78. The lowest BCUT2D eigenvalue weighted by Gasteiger charge is -2.14. The third-order valence-corrected chi connectivity index (χ3v) is 4.67. The van der Waals surface area contributed by atoms with Crippen LogP contribution in [0.3, 0.4) is 0 Å². The Balaban J connectivity index is 0.000000948. The summed E-state index contributed by atoms with van der Waals surface area (Å²) in [4.78, 5) is 9.47. The summed E-state index contributed by atoms with van der Waals surface area (Å²) in [6.45, 7) is 6.30. The Hall–Kier alpha value is -2.01. The lowest BCUT2D eigenvalue weighted by molar-refractivity contribution is 0.301. The van der Waals surface area contributed by atoms with Gasteiger partial charge in [0, 0.05) is 30.9 Å². The maximum atomic E-state index is 13.7. The molecule has 4 nitrogen and oxygen atoms in total. The number of benzene rings is 1. The fourth-order valence-corrected chi connectivity index (χ4v) is 3.13. The lowest BCUT2D eigenvalue weighted by Crippen LogP contribution is -2.16. The Morgan fingerprint density at radius 1 is 1.12 bits per heavy atom.